The summed E-state index contributed by atoms with van der Waals surface area (Å²) in [6.45, 7) is 7.27. The molecule has 1 aromatic carbocycles. The molecule has 1 heterocycles. The number of carbonyl (C=O) groups is 1. The smallest absolute Gasteiger partial charge is 0.339 e. The van der Waals surface area contributed by atoms with E-state index in [4.69, 9.17) is 9.47 Å². The highest BCUT2D eigenvalue weighted by molar-refractivity contribution is 5.96. The average Bonchev–Trinajstić information content (AvgIpc) is 2.91. The Morgan fingerprint density at radius 1 is 1.43 bits per heavy atom. The van der Waals surface area contributed by atoms with Crippen LogP contribution in [0, 0.1) is 18.3 Å². The van der Waals surface area contributed by atoms with Crippen molar-refractivity contribution in [3.63, 3.8) is 0 Å². The zero-order valence-corrected chi connectivity index (χ0v) is 13.1. The molecular weight excluding hydrogens is 266 g/mol. The van der Waals surface area contributed by atoms with Crippen molar-refractivity contribution >= 4 is 11.7 Å². The molecule has 1 saturated heterocycles. The number of anilines is 1. The van der Waals surface area contributed by atoms with E-state index in [9.17, 15) is 4.79 Å². The Kier molecular flexibility index (Phi) is 3.44. The number of fused-ring (bicyclic) bond motifs is 1. The monoisotopic (exact) mass is 289 g/mol. The van der Waals surface area contributed by atoms with E-state index < -0.39 is 0 Å². The molecule has 4 nitrogen and oxygen atoms in total. The van der Waals surface area contributed by atoms with Gasteiger partial charge in [-0.25, -0.2) is 4.79 Å². The van der Waals surface area contributed by atoms with Crippen molar-refractivity contribution in [3.05, 3.63) is 29.3 Å². The molecule has 1 aliphatic heterocycles. The van der Waals surface area contributed by atoms with Gasteiger partial charge in [0.25, 0.3) is 0 Å². The van der Waals surface area contributed by atoms with E-state index in [1.54, 1.807) is 0 Å². The molecule has 0 bridgehead atoms. The van der Waals surface area contributed by atoms with Crippen LogP contribution in [0.2, 0.25) is 0 Å². The van der Waals surface area contributed by atoms with Crippen LogP contribution in [-0.4, -0.2) is 31.8 Å². The highest BCUT2D eigenvalue weighted by Crippen LogP contribution is 2.53. The fraction of sp³-hybridized carbons (Fsp3) is 0.588. The van der Waals surface area contributed by atoms with E-state index in [1.807, 2.05) is 25.1 Å². The quantitative estimate of drug-likeness (QED) is 0.869. The van der Waals surface area contributed by atoms with Crippen LogP contribution in [0.3, 0.4) is 0 Å². The fourth-order valence-electron chi connectivity index (χ4n) is 3.85. The first kappa shape index (κ1) is 14.4. The number of esters is 1. The second-order valence-corrected chi connectivity index (χ2v) is 6.73. The molecule has 1 aliphatic carbocycles. The summed E-state index contributed by atoms with van der Waals surface area (Å²) in [5.74, 6) is 0.240. The lowest BCUT2D eigenvalue weighted by Crippen LogP contribution is -2.63. The van der Waals surface area contributed by atoms with Gasteiger partial charge in [-0.1, -0.05) is 25.5 Å². The standard InChI is InChI=1S/C17H23NO3/c1-10-5-6-13(12(9-10)16(19)20-4)18-14-11-7-8-21-15(11)17(14,2)3/h5-6,9,11,14-15,18H,7-8H2,1-4H3. The van der Waals surface area contributed by atoms with Crippen molar-refractivity contribution in [1.82, 2.24) is 0 Å². The number of benzene rings is 1. The first-order chi connectivity index (χ1) is 9.95. The summed E-state index contributed by atoms with van der Waals surface area (Å²) in [5.41, 5.74) is 2.60. The van der Waals surface area contributed by atoms with Crippen LogP contribution in [0.1, 0.15) is 36.2 Å². The maximum Gasteiger partial charge on any atom is 0.339 e. The first-order valence-electron chi connectivity index (χ1n) is 7.52. The molecule has 2 aliphatic rings. The van der Waals surface area contributed by atoms with Crippen LogP contribution in [0.15, 0.2) is 18.2 Å². The minimum atomic E-state index is -0.294. The number of methoxy groups -OCH3 is 1. The topological polar surface area (TPSA) is 47.6 Å². The molecule has 114 valence electrons. The zero-order valence-electron chi connectivity index (χ0n) is 13.1. The average molecular weight is 289 g/mol. The summed E-state index contributed by atoms with van der Waals surface area (Å²) in [5, 5.41) is 3.57. The molecule has 1 aromatic rings. The SMILES string of the molecule is COC(=O)c1cc(C)ccc1NC1C2CCOC2C1(C)C. The Morgan fingerprint density at radius 3 is 2.90 bits per heavy atom. The molecule has 1 saturated carbocycles. The predicted molar refractivity (Wildman–Crippen MR) is 81.6 cm³/mol. The molecule has 0 radical (unpaired) electrons. The third-order valence-electron chi connectivity index (χ3n) is 4.99. The summed E-state index contributed by atoms with van der Waals surface area (Å²) in [7, 11) is 1.42. The van der Waals surface area contributed by atoms with Crippen LogP contribution >= 0.6 is 0 Å². The lowest BCUT2D eigenvalue weighted by atomic mass is 9.57. The van der Waals surface area contributed by atoms with E-state index in [1.165, 1.54) is 7.11 Å². The fourth-order valence-corrected chi connectivity index (χ4v) is 3.85. The third kappa shape index (κ3) is 2.22. The van der Waals surface area contributed by atoms with Gasteiger partial charge in [0.05, 0.1) is 18.8 Å². The van der Waals surface area contributed by atoms with Gasteiger partial charge in [-0.15, -0.1) is 0 Å². The maximum atomic E-state index is 12.0. The van der Waals surface area contributed by atoms with E-state index in [2.05, 4.69) is 19.2 Å². The molecular formula is C17H23NO3. The van der Waals surface area contributed by atoms with Crippen molar-refractivity contribution in [2.75, 3.05) is 19.0 Å². The van der Waals surface area contributed by atoms with Gasteiger partial charge in [0, 0.05) is 29.7 Å². The number of aryl methyl sites for hydroxylation is 1. The van der Waals surface area contributed by atoms with Crippen LogP contribution in [0.4, 0.5) is 5.69 Å². The minimum absolute atomic E-state index is 0.0828. The third-order valence-corrected chi connectivity index (χ3v) is 4.99. The van der Waals surface area contributed by atoms with Gasteiger partial charge in [0.2, 0.25) is 0 Å². The number of nitrogens with one attached hydrogen (secondary N) is 1. The van der Waals surface area contributed by atoms with Gasteiger partial charge in [-0.3, -0.25) is 0 Å². The number of carbonyl (C=O) groups excluding carboxylic acids is 1. The lowest BCUT2D eigenvalue weighted by Gasteiger charge is -2.55. The molecule has 0 aromatic heterocycles. The van der Waals surface area contributed by atoms with Gasteiger partial charge < -0.3 is 14.8 Å². The van der Waals surface area contributed by atoms with E-state index in [0.29, 0.717) is 23.6 Å². The Bertz CT molecular complexity index is 567. The number of hydrogen-bond donors (Lipinski definition) is 1. The summed E-state index contributed by atoms with van der Waals surface area (Å²) in [4.78, 5) is 12.0. The zero-order chi connectivity index (χ0) is 15.2. The maximum absolute atomic E-state index is 12.0. The van der Waals surface area contributed by atoms with Crippen molar-refractivity contribution in [2.24, 2.45) is 11.3 Å². The molecule has 4 heteroatoms. The van der Waals surface area contributed by atoms with Crippen molar-refractivity contribution in [1.29, 1.82) is 0 Å². The van der Waals surface area contributed by atoms with Crippen LogP contribution in [0.25, 0.3) is 0 Å². The lowest BCUT2D eigenvalue weighted by molar-refractivity contribution is -0.0923. The summed E-state index contributed by atoms with van der Waals surface area (Å²) in [6.07, 6.45) is 1.42. The van der Waals surface area contributed by atoms with Crippen LogP contribution in [0.5, 0.6) is 0 Å². The molecule has 3 rings (SSSR count). The number of hydrogen-bond acceptors (Lipinski definition) is 4. The van der Waals surface area contributed by atoms with Gasteiger partial charge in [0.15, 0.2) is 0 Å². The van der Waals surface area contributed by atoms with Gasteiger partial charge in [0.1, 0.15) is 0 Å². The molecule has 3 unspecified atom stereocenters. The molecule has 2 fully saturated rings. The van der Waals surface area contributed by atoms with Crippen LogP contribution < -0.4 is 5.32 Å². The van der Waals surface area contributed by atoms with Gasteiger partial charge >= 0.3 is 5.97 Å². The Labute approximate surface area is 125 Å². The second-order valence-electron chi connectivity index (χ2n) is 6.73. The largest absolute Gasteiger partial charge is 0.465 e. The molecule has 3 atom stereocenters. The number of rotatable bonds is 3. The number of ether oxygens (including phenoxy) is 2. The Hall–Kier alpha value is -1.55. The molecule has 1 N–H and O–H groups in total. The first-order valence-corrected chi connectivity index (χ1v) is 7.52. The highest BCUT2D eigenvalue weighted by Gasteiger charge is 2.59. The summed E-state index contributed by atoms with van der Waals surface area (Å²) < 4.78 is 10.7. The normalized spacial score (nSPS) is 29.4. The van der Waals surface area contributed by atoms with Crippen molar-refractivity contribution in [2.45, 2.75) is 39.3 Å². The summed E-state index contributed by atoms with van der Waals surface area (Å²) in [6, 6.07) is 6.20. The molecule has 0 spiro atoms. The Morgan fingerprint density at radius 2 is 2.19 bits per heavy atom. The Balaban J connectivity index is 1.87. The molecule has 21 heavy (non-hydrogen) atoms. The van der Waals surface area contributed by atoms with Crippen molar-refractivity contribution in [3.8, 4) is 0 Å². The van der Waals surface area contributed by atoms with Crippen molar-refractivity contribution < 1.29 is 14.3 Å². The van der Waals surface area contributed by atoms with E-state index in [0.717, 1.165) is 24.3 Å². The summed E-state index contributed by atoms with van der Waals surface area (Å²) >= 11 is 0. The van der Waals surface area contributed by atoms with Crippen LogP contribution in [-0.2, 0) is 9.47 Å². The van der Waals surface area contributed by atoms with Gasteiger partial charge in [-0.2, -0.15) is 0 Å². The van der Waals surface area contributed by atoms with E-state index in [-0.39, 0.29) is 11.4 Å². The van der Waals surface area contributed by atoms with E-state index >= 15 is 0 Å². The molecule has 0 amide bonds. The highest BCUT2D eigenvalue weighted by atomic mass is 16.5. The minimum Gasteiger partial charge on any atom is -0.465 e. The van der Waals surface area contributed by atoms with Gasteiger partial charge in [-0.05, 0) is 25.5 Å². The second kappa shape index (κ2) is 5.02. The predicted octanol–water partition coefficient (Wildman–Crippen LogP) is 3.01.